The lowest BCUT2D eigenvalue weighted by atomic mass is 9.61. The molecule has 0 amide bonds. The maximum absolute atomic E-state index is 6.44. The van der Waals surface area contributed by atoms with Crippen LogP contribution in [0.3, 0.4) is 0 Å². The number of hydrogen-bond donors (Lipinski definition) is 1. The van der Waals surface area contributed by atoms with Gasteiger partial charge in [-0.3, -0.25) is 0 Å². The summed E-state index contributed by atoms with van der Waals surface area (Å²) in [7, 11) is 2.08. The molecule has 2 fully saturated rings. The van der Waals surface area contributed by atoms with Crippen molar-refractivity contribution in [1.82, 2.24) is 5.32 Å². The maximum Gasteiger partial charge on any atom is 0.0662 e. The zero-order valence-corrected chi connectivity index (χ0v) is 12.8. The molecule has 2 saturated carbocycles. The number of ether oxygens (including phenoxy) is 1. The largest absolute Gasteiger partial charge is 0.374 e. The smallest absolute Gasteiger partial charge is 0.0662 e. The van der Waals surface area contributed by atoms with Crippen molar-refractivity contribution in [2.75, 3.05) is 7.05 Å². The average molecular weight is 253 g/mol. The molecule has 18 heavy (non-hydrogen) atoms. The molecule has 6 unspecified atom stereocenters. The van der Waals surface area contributed by atoms with Crippen molar-refractivity contribution in [3.63, 3.8) is 0 Å². The Morgan fingerprint density at radius 2 is 1.89 bits per heavy atom. The molecule has 2 aliphatic rings. The van der Waals surface area contributed by atoms with Gasteiger partial charge in [-0.05, 0) is 51.0 Å². The lowest BCUT2D eigenvalue weighted by Crippen LogP contribution is -2.62. The Hall–Kier alpha value is -0.0800. The zero-order chi connectivity index (χ0) is 13.3. The molecule has 2 heteroatoms. The lowest BCUT2D eigenvalue weighted by Gasteiger charge is -2.55. The Morgan fingerprint density at radius 1 is 1.17 bits per heavy atom. The van der Waals surface area contributed by atoms with E-state index in [0.29, 0.717) is 23.7 Å². The van der Waals surface area contributed by atoms with Gasteiger partial charge in [-0.25, -0.2) is 0 Å². The monoisotopic (exact) mass is 253 g/mol. The van der Waals surface area contributed by atoms with Gasteiger partial charge in [0, 0.05) is 11.5 Å². The van der Waals surface area contributed by atoms with E-state index in [9.17, 15) is 0 Å². The van der Waals surface area contributed by atoms with E-state index in [1.54, 1.807) is 0 Å². The van der Waals surface area contributed by atoms with Crippen molar-refractivity contribution in [3.8, 4) is 0 Å². The summed E-state index contributed by atoms with van der Waals surface area (Å²) >= 11 is 0. The zero-order valence-electron chi connectivity index (χ0n) is 12.8. The van der Waals surface area contributed by atoms with Crippen molar-refractivity contribution in [3.05, 3.63) is 0 Å². The fourth-order valence-corrected chi connectivity index (χ4v) is 3.80. The predicted molar refractivity (Wildman–Crippen MR) is 76.7 cm³/mol. The molecule has 1 N–H and O–H groups in total. The highest BCUT2D eigenvalue weighted by atomic mass is 16.5. The Labute approximate surface area is 113 Å². The molecule has 0 saturated heterocycles. The number of nitrogens with one attached hydrogen (secondary N) is 1. The topological polar surface area (TPSA) is 21.3 Å². The molecule has 0 aromatic carbocycles. The first-order valence-corrected chi connectivity index (χ1v) is 7.84. The second-order valence-corrected chi connectivity index (χ2v) is 6.95. The Kier molecular flexibility index (Phi) is 4.38. The highest BCUT2D eigenvalue weighted by molar-refractivity contribution is 5.04. The fraction of sp³-hybridized carbons (Fsp3) is 1.00. The Balaban J connectivity index is 1.87. The van der Waals surface area contributed by atoms with E-state index in [1.165, 1.54) is 32.1 Å². The fourth-order valence-electron chi connectivity index (χ4n) is 3.80. The van der Waals surface area contributed by atoms with Crippen molar-refractivity contribution in [2.24, 2.45) is 17.3 Å². The first kappa shape index (κ1) is 14.3. The van der Waals surface area contributed by atoms with Crippen LogP contribution in [0.15, 0.2) is 0 Å². The van der Waals surface area contributed by atoms with Gasteiger partial charge in [0.15, 0.2) is 0 Å². The molecule has 0 heterocycles. The van der Waals surface area contributed by atoms with E-state index in [0.717, 1.165) is 11.8 Å². The van der Waals surface area contributed by atoms with E-state index in [2.05, 4.69) is 40.1 Å². The number of hydrogen-bond acceptors (Lipinski definition) is 2. The summed E-state index contributed by atoms with van der Waals surface area (Å²) in [6.07, 6.45) is 7.28. The minimum atomic E-state index is 0.348. The highest BCUT2D eigenvalue weighted by Crippen LogP contribution is 2.47. The lowest BCUT2D eigenvalue weighted by molar-refractivity contribution is -0.167. The molecule has 0 aliphatic heterocycles. The third-order valence-corrected chi connectivity index (χ3v) is 6.00. The van der Waals surface area contributed by atoms with Gasteiger partial charge in [0.2, 0.25) is 0 Å². The Bertz CT molecular complexity index is 280. The van der Waals surface area contributed by atoms with Gasteiger partial charge in [-0.2, -0.15) is 0 Å². The van der Waals surface area contributed by atoms with E-state index < -0.39 is 0 Å². The predicted octanol–water partition coefficient (Wildman–Crippen LogP) is 3.60. The average Bonchev–Trinajstić information content (AvgIpc) is 2.37. The van der Waals surface area contributed by atoms with Crippen molar-refractivity contribution in [2.45, 2.75) is 78.0 Å². The van der Waals surface area contributed by atoms with Crippen LogP contribution in [0.5, 0.6) is 0 Å². The molecule has 0 bridgehead atoms. The minimum Gasteiger partial charge on any atom is -0.374 e. The summed E-state index contributed by atoms with van der Waals surface area (Å²) in [5, 5.41) is 3.45. The van der Waals surface area contributed by atoms with Crippen LogP contribution in [-0.2, 0) is 4.74 Å². The van der Waals surface area contributed by atoms with Gasteiger partial charge in [-0.1, -0.05) is 27.7 Å². The molecule has 0 aromatic rings. The minimum absolute atomic E-state index is 0.348. The van der Waals surface area contributed by atoms with Crippen LogP contribution >= 0.6 is 0 Å². The first-order valence-electron chi connectivity index (χ1n) is 7.84. The molecule has 2 aliphatic carbocycles. The third-order valence-electron chi connectivity index (χ3n) is 6.00. The normalized spacial score (nSPS) is 48.8. The summed E-state index contributed by atoms with van der Waals surface area (Å²) < 4.78 is 6.44. The van der Waals surface area contributed by atoms with Crippen LogP contribution in [0.4, 0.5) is 0 Å². The summed E-state index contributed by atoms with van der Waals surface area (Å²) in [5.74, 6) is 1.71. The van der Waals surface area contributed by atoms with E-state index in [4.69, 9.17) is 4.74 Å². The quantitative estimate of drug-likeness (QED) is 0.826. The van der Waals surface area contributed by atoms with Crippen LogP contribution < -0.4 is 5.32 Å². The van der Waals surface area contributed by atoms with Crippen molar-refractivity contribution >= 4 is 0 Å². The van der Waals surface area contributed by atoms with E-state index >= 15 is 0 Å². The second kappa shape index (κ2) is 5.50. The van der Waals surface area contributed by atoms with Crippen molar-refractivity contribution in [1.29, 1.82) is 0 Å². The standard InChI is InChI=1S/C16H31NO/c1-6-16(4)14(17-5)10-15(16)18-13-8-7-11(2)12(3)9-13/h11-15,17H,6-10H2,1-5H3. The van der Waals surface area contributed by atoms with Crippen LogP contribution in [0.1, 0.15) is 59.8 Å². The van der Waals surface area contributed by atoms with Gasteiger partial charge < -0.3 is 10.1 Å². The van der Waals surface area contributed by atoms with Crippen LogP contribution in [0, 0.1) is 17.3 Å². The maximum atomic E-state index is 6.44. The van der Waals surface area contributed by atoms with Crippen LogP contribution in [0.2, 0.25) is 0 Å². The molecule has 2 rings (SSSR count). The van der Waals surface area contributed by atoms with Gasteiger partial charge in [0.1, 0.15) is 0 Å². The van der Waals surface area contributed by atoms with Crippen molar-refractivity contribution < 1.29 is 4.74 Å². The summed E-state index contributed by atoms with van der Waals surface area (Å²) in [6, 6.07) is 0.646. The van der Waals surface area contributed by atoms with Crippen LogP contribution in [0.25, 0.3) is 0 Å². The second-order valence-electron chi connectivity index (χ2n) is 6.95. The summed E-state index contributed by atoms with van der Waals surface area (Å²) in [4.78, 5) is 0. The third kappa shape index (κ3) is 2.46. The molecule has 2 nitrogen and oxygen atoms in total. The number of rotatable bonds is 4. The first-order chi connectivity index (χ1) is 8.51. The molecular weight excluding hydrogens is 222 g/mol. The van der Waals surface area contributed by atoms with Gasteiger partial charge >= 0.3 is 0 Å². The molecular formula is C16H31NO. The SMILES string of the molecule is CCC1(C)C(NC)CC1OC1CCC(C)C(C)C1. The summed E-state index contributed by atoms with van der Waals surface area (Å²) in [6.45, 7) is 9.45. The molecule has 6 atom stereocenters. The van der Waals surface area contributed by atoms with E-state index in [-0.39, 0.29) is 0 Å². The molecule has 0 aromatic heterocycles. The van der Waals surface area contributed by atoms with Gasteiger partial charge in [0.25, 0.3) is 0 Å². The highest BCUT2D eigenvalue weighted by Gasteiger charge is 2.51. The Morgan fingerprint density at radius 3 is 2.44 bits per heavy atom. The van der Waals surface area contributed by atoms with Gasteiger partial charge in [-0.15, -0.1) is 0 Å². The molecule has 106 valence electrons. The van der Waals surface area contributed by atoms with Gasteiger partial charge in [0.05, 0.1) is 12.2 Å². The molecule has 0 radical (unpaired) electrons. The van der Waals surface area contributed by atoms with Crippen LogP contribution in [-0.4, -0.2) is 25.3 Å². The summed E-state index contributed by atoms with van der Waals surface area (Å²) in [5.41, 5.74) is 0.348. The molecule has 0 spiro atoms. The van der Waals surface area contributed by atoms with E-state index in [1.807, 2.05) is 0 Å².